The number of hydrogen-bond acceptors (Lipinski definition) is 8. The van der Waals surface area contributed by atoms with Gasteiger partial charge in [0.1, 0.15) is 6.61 Å². The Bertz CT molecular complexity index is 531. The second-order valence-corrected chi connectivity index (χ2v) is 6.14. The Morgan fingerprint density at radius 1 is 1.08 bits per heavy atom. The maximum atomic E-state index is 11.2. The van der Waals surface area contributed by atoms with Crippen LogP contribution in [0.15, 0.2) is 25.3 Å². The summed E-state index contributed by atoms with van der Waals surface area (Å²) in [6.45, 7) is 11.2. The molecule has 10 heteroatoms. The second kappa shape index (κ2) is 10.5. The lowest BCUT2D eigenvalue weighted by Crippen LogP contribution is -2.36. The predicted molar refractivity (Wildman–Crippen MR) is 94.1 cm³/mol. The fourth-order valence-corrected chi connectivity index (χ4v) is 2.90. The van der Waals surface area contributed by atoms with Crippen LogP contribution in [0.25, 0.3) is 0 Å². The number of thioether (sulfide) groups is 1. The Balaban J connectivity index is 0.000000260. The molecule has 2 aliphatic heterocycles. The number of nitrogens with zero attached hydrogens (tertiary/aromatic N) is 2. The normalized spacial score (nSPS) is 18.2. The number of carbonyl (C=O) groups is 4. The molecule has 0 aromatic rings. The Kier molecular flexibility index (Phi) is 8.70. The van der Waals surface area contributed by atoms with Crippen molar-refractivity contribution >= 4 is 35.0 Å². The summed E-state index contributed by atoms with van der Waals surface area (Å²) >= 11 is 1.24. The zero-order valence-electron chi connectivity index (χ0n) is 14.7. The summed E-state index contributed by atoms with van der Waals surface area (Å²) < 4.78 is 14.4. The van der Waals surface area contributed by atoms with E-state index < -0.39 is 30.5 Å². The number of esters is 2. The predicted octanol–water partition coefficient (Wildman–Crippen LogP) is 1.74. The fraction of sp³-hybridized carbons (Fsp3) is 0.500. The zero-order chi connectivity index (χ0) is 19.7. The van der Waals surface area contributed by atoms with E-state index in [2.05, 4.69) is 17.9 Å². The van der Waals surface area contributed by atoms with Gasteiger partial charge in [0, 0.05) is 24.4 Å². The SMILES string of the molecule is C=CC(=O)OC(C)N1CCOC1=O.C=CC(=O)OC(C)N1CCSC1=O. The highest BCUT2D eigenvalue weighted by molar-refractivity contribution is 8.13. The molecule has 2 saturated heterocycles. The molecular weight excluding hydrogens is 364 g/mol. The van der Waals surface area contributed by atoms with Crippen LogP contribution in [-0.2, 0) is 23.8 Å². The summed E-state index contributed by atoms with van der Waals surface area (Å²) in [5, 5.41) is -0.0376. The standard InChI is InChI=1S/C8H11NO4.C8H11NO3S/c1-3-7(10)13-6(2)9-4-5-12-8(9)11;1-3-7(10)12-6(2)9-4-5-13-8(9)11/h2*3,6H,1,4-5H2,2H3. The fourth-order valence-electron chi connectivity index (χ4n) is 2.03. The van der Waals surface area contributed by atoms with E-state index in [-0.39, 0.29) is 5.24 Å². The number of cyclic esters (lactones) is 1. The van der Waals surface area contributed by atoms with Crippen molar-refractivity contribution in [3.8, 4) is 0 Å². The van der Waals surface area contributed by atoms with Crippen molar-refractivity contribution in [2.24, 2.45) is 0 Å². The topological polar surface area (TPSA) is 102 Å². The molecule has 9 nitrogen and oxygen atoms in total. The average molecular weight is 386 g/mol. The summed E-state index contributed by atoms with van der Waals surface area (Å²) in [4.78, 5) is 46.6. The van der Waals surface area contributed by atoms with E-state index in [4.69, 9.17) is 9.47 Å². The minimum absolute atomic E-state index is 0.0376. The maximum Gasteiger partial charge on any atom is 0.412 e. The first-order valence-corrected chi connectivity index (χ1v) is 8.81. The van der Waals surface area contributed by atoms with E-state index in [1.165, 1.54) is 21.6 Å². The first-order valence-electron chi connectivity index (χ1n) is 7.83. The van der Waals surface area contributed by atoms with E-state index in [1.807, 2.05) is 0 Å². The third-order valence-corrected chi connectivity index (χ3v) is 4.24. The van der Waals surface area contributed by atoms with Gasteiger partial charge in [0.2, 0.25) is 0 Å². The van der Waals surface area contributed by atoms with Crippen molar-refractivity contribution in [1.29, 1.82) is 0 Å². The van der Waals surface area contributed by atoms with Gasteiger partial charge in [-0.1, -0.05) is 24.9 Å². The summed E-state index contributed by atoms with van der Waals surface area (Å²) in [6.07, 6.45) is 0.597. The van der Waals surface area contributed by atoms with Gasteiger partial charge >= 0.3 is 18.0 Å². The highest BCUT2D eigenvalue weighted by Crippen LogP contribution is 2.20. The first-order chi connectivity index (χ1) is 12.3. The molecule has 0 aliphatic carbocycles. The molecule has 2 aliphatic rings. The summed E-state index contributed by atoms with van der Waals surface area (Å²) in [6, 6.07) is 0. The summed E-state index contributed by atoms with van der Waals surface area (Å²) in [5.74, 6) is -0.293. The minimum Gasteiger partial charge on any atom is -0.447 e. The number of ether oxygens (including phenoxy) is 3. The minimum atomic E-state index is -0.597. The quantitative estimate of drug-likeness (QED) is 0.386. The van der Waals surface area contributed by atoms with Gasteiger partial charge < -0.3 is 14.2 Å². The summed E-state index contributed by atoms with van der Waals surface area (Å²) in [5.41, 5.74) is 0. The molecule has 0 aromatic carbocycles. The molecule has 0 N–H and O–H groups in total. The van der Waals surface area contributed by atoms with Crippen LogP contribution >= 0.6 is 11.8 Å². The molecular formula is C16H22N2O7S. The molecule has 2 fully saturated rings. The molecule has 0 aromatic heterocycles. The molecule has 0 spiro atoms. The molecule has 2 rings (SSSR count). The van der Waals surface area contributed by atoms with Gasteiger partial charge in [-0.15, -0.1) is 0 Å². The largest absolute Gasteiger partial charge is 0.447 e. The van der Waals surface area contributed by atoms with Crippen LogP contribution < -0.4 is 0 Å². The Morgan fingerprint density at radius 2 is 1.62 bits per heavy atom. The van der Waals surface area contributed by atoms with Crippen LogP contribution in [0.5, 0.6) is 0 Å². The molecule has 2 amide bonds. The lowest BCUT2D eigenvalue weighted by Gasteiger charge is -2.22. The van der Waals surface area contributed by atoms with Crippen molar-refractivity contribution in [1.82, 2.24) is 9.80 Å². The Labute approximate surface area is 155 Å². The number of hydrogen-bond donors (Lipinski definition) is 0. The second-order valence-electron chi connectivity index (χ2n) is 5.10. The van der Waals surface area contributed by atoms with Crippen molar-refractivity contribution in [3.05, 3.63) is 25.3 Å². The zero-order valence-corrected chi connectivity index (χ0v) is 15.5. The van der Waals surface area contributed by atoms with Crippen LogP contribution in [-0.4, -0.2) is 71.0 Å². The molecule has 26 heavy (non-hydrogen) atoms. The molecule has 144 valence electrons. The van der Waals surface area contributed by atoms with Gasteiger partial charge in [-0.2, -0.15) is 0 Å². The number of rotatable bonds is 6. The van der Waals surface area contributed by atoms with Gasteiger partial charge in [-0.05, 0) is 13.8 Å². The molecule has 0 radical (unpaired) electrons. The van der Waals surface area contributed by atoms with Crippen LogP contribution in [0.1, 0.15) is 13.8 Å². The average Bonchev–Trinajstić information content (AvgIpc) is 3.23. The van der Waals surface area contributed by atoms with Gasteiger partial charge in [-0.3, -0.25) is 14.6 Å². The van der Waals surface area contributed by atoms with Crippen LogP contribution in [0.2, 0.25) is 0 Å². The first kappa shape index (κ1) is 21.6. The highest BCUT2D eigenvalue weighted by atomic mass is 32.2. The van der Waals surface area contributed by atoms with Gasteiger partial charge in [-0.25, -0.2) is 14.4 Å². The van der Waals surface area contributed by atoms with Gasteiger partial charge in [0.05, 0.1) is 6.54 Å². The maximum absolute atomic E-state index is 11.2. The van der Waals surface area contributed by atoms with Crippen LogP contribution in [0.4, 0.5) is 9.59 Å². The van der Waals surface area contributed by atoms with Gasteiger partial charge in [0.15, 0.2) is 12.5 Å². The molecule has 2 unspecified atom stereocenters. The smallest absolute Gasteiger partial charge is 0.412 e. The van der Waals surface area contributed by atoms with Crippen molar-refractivity contribution in [3.63, 3.8) is 0 Å². The molecule has 0 saturated carbocycles. The lowest BCUT2D eigenvalue weighted by molar-refractivity contribution is -0.149. The van der Waals surface area contributed by atoms with E-state index in [0.717, 1.165) is 17.9 Å². The number of carbonyl (C=O) groups excluding carboxylic acids is 4. The third kappa shape index (κ3) is 6.43. The van der Waals surface area contributed by atoms with Crippen molar-refractivity contribution in [2.75, 3.05) is 25.4 Å². The van der Waals surface area contributed by atoms with E-state index >= 15 is 0 Å². The number of amides is 2. The monoisotopic (exact) mass is 386 g/mol. The molecule has 2 atom stereocenters. The Hall–Kier alpha value is -2.49. The van der Waals surface area contributed by atoms with E-state index in [1.54, 1.807) is 13.8 Å². The molecule has 2 heterocycles. The van der Waals surface area contributed by atoms with E-state index in [9.17, 15) is 19.2 Å². The van der Waals surface area contributed by atoms with E-state index in [0.29, 0.717) is 19.7 Å². The van der Waals surface area contributed by atoms with Crippen molar-refractivity contribution in [2.45, 2.75) is 26.3 Å². The van der Waals surface area contributed by atoms with Crippen LogP contribution in [0, 0.1) is 0 Å². The van der Waals surface area contributed by atoms with Crippen molar-refractivity contribution < 1.29 is 33.4 Å². The summed E-state index contributed by atoms with van der Waals surface area (Å²) in [7, 11) is 0. The lowest BCUT2D eigenvalue weighted by atomic mass is 10.5. The van der Waals surface area contributed by atoms with Gasteiger partial charge in [0.25, 0.3) is 5.24 Å². The third-order valence-electron chi connectivity index (χ3n) is 3.37. The van der Waals surface area contributed by atoms with Crippen LogP contribution in [0.3, 0.4) is 0 Å². The Morgan fingerprint density at radius 3 is 2.00 bits per heavy atom. The highest BCUT2D eigenvalue weighted by Gasteiger charge is 2.29. The molecule has 0 bridgehead atoms.